The predicted molar refractivity (Wildman–Crippen MR) is 108 cm³/mol. The standard InChI is InChI=1S/C20H13BrF3N5O2/c21-17-16(19(30)28-3-1-11(8-28)12-2-4-31-10-12)27-18-15(20(22,23)24)5-13(9-29(17)18)14-6-25-26-7-14/h1-2,4-7,9-10H,3,8H2,(H,25,26). The van der Waals surface area contributed by atoms with E-state index >= 15 is 0 Å². The molecular formula is C20H13BrF3N5O2. The van der Waals surface area contributed by atoms with Gasteiger partial charge in [0.25, 0.3) is 5.91 Å². The number of hydrogen-bond acceptors (Lipinski definition) is 4. The number of nitrogens with one attached hydrogen (secondary N) is 1. The highest BCUT2D eigenvalue weighted by atomic mass is 79.9. The van der Waals surface area contributed by atoms with Crippen LogP contribution in [0, 0.1) is 0 Å². The Morgan fingerprint density at radius 3 is 2.77 bits per heavy atom. The van der Waals surface area contributed by atoms with Crippen LogP contribution in [0.25, 0.3) is 22.3 Å². The summed E-state index contributed by atoms with van der Waals surface area (Å²) in [6, 6.07) is 2.79. The van der Waals surface area contributed by atoms with E-state index in [4.69, 9.17) is 4.42 Å². The summed E-state index contributed by atoms with van der Waals surface area (Å²) in [5.74, 6) is -0.469. The maximum Gasteiger partial charge on any atom is 0.420 e. The van der Waals surface area contributed by atoms with Crippen LogP contribution in [0.4, 0.5) is 13.2 Å². The van der Waals surface area contributed by atoms with Crippen molar-refractivity contribution in [3.8, 4) is 11.1 Å². The minimum atomic E-state index is -4.66. The number of hydrogen-bond donors (Lipinski definition) is 1. The van der Waals surface area contributed by atoms with Crippen molar-refractivity contribution in [1.29, 1.82) is 0 Å². The van der Waals surface area contributed by atoms with Crippen molar-refractivity contribution < 1.29 is 22.4 Å². The van der Waals surface area contributed by atoms with Gasteiger partial charge < -0.3 is 9.32 Å². The summed E-state index contributed by atoms with van der Waals surface area (Å²) in [6.45, 7) is 0.636. The van der Waals surface area contributed by atoms with Crippen molar-refractivity contribution in [2.24, 2.45) is 0 Å². The topological polar surface area (TPSA) is 79.4 Å². The first kappa shape index (κ1) is 19.6. The number of aromatic amines is 1. The molecule has 5 heterocycles. The van der Waals surface area contributed by atoms with Crippen LogP contribution in [-0.2, 0) is 6.18 Å². The SMILES string of the molecule is O=C(c1nc2c(C(F)(F)F)cc(-c3cn[nH]c3)cn2c1Br)N1CC=C(c2ccoc2)C1. The van der Waals surface area contributed by atoms with Crippen LogP contribution in [0.15, 0.2) is 58.3 Å². The Bertz CT molecular complexity index is 1310. The Hall–Kier alpha value is -3.34. The normalized spacial score (nSPS) is 14.5. The third-order valence-electron chi connectivity index (χ3n) is 5.10. The zero-order valence-corrected chi connectivity index (χ0v) is 17.2. The van der Waals surface area contributed by atoms with Crippen molar-refractivity contribution >= 4 is 33.1 Å². The van der Waals surface area contributed by atoms with Crippen molar-refractivity contribution in [3.63, 3.8) is 0 Å². The molecule has 5 rings (SSSR count). The van der Waals surface area contributed by atoms with E-state index in [-0.39, 0.29) is 21.5 Å². The van der Waals surface area contributed by atoms with Crippen molar-refractivity contribution in [1.82, 2.24) is 24.5 Å². The Balaban J connectivity index is 1.56. The number of alkyl halides is 3. The number of halogens is 4. The van der Waals surface area contributed by atoms with E-state index in [9.17, 15) is 18.0 Å². The Morgan fingerprint density at radius 1 is 1.26 bits per heavy atom. The van der Waals surface area contributed by atoms with Crippen LogP contribution < -0.4 is 0 Å². The molecule has 0 atom stereocenters. The molecule has 1 aliphatic rings. The number of aromatic nitrogens is 4. The van der Waals surface area contributed by atoms with Gasteiger partial charge in [-0.3, -0.25) is 14.3 Å². The van der Waals surface area contributed by atoms with Gasteiger partial charge in [-0.05, 0) is 33.6 Å². The summed E-state index contributed by atoms with van der Waals surface area (Å²) in [5.41, 5.74) is 1.15. The molecule has 0 saturated carbocycles. The number of imidazole rings is 1. The molecule has 1 amide bonds. The Morgan fingerprint density at radius 2 is 2.10 bits per heavy atom. The van der Waals surface area contributed by atoms with E-state index in [1.807, 2.05) is 6.08 Å². The highest BCUT2D eigenvalue weighted by Gasteiger charge is 2.36. The molecule has 0 aliphatic carbocycles. The third-order valence-corrected chi connectivity index (χ3v) is 5.86. The second-order valence-electron chi connectivity index (χ2n) is 7.00. The molecule has 0 fully saturated rings. The van der Waals surface area contributed by atoms with E-state index in [1.54, 1.807) is 12.3 Å². The second kappa shape index (κ2) is 7.12. The monoisotopic (exact) mass is 491 g/mol. The fourth-order valence-corrected chi connectivity index (χ4v) is 4.07. The summed E-state index contributed by atoms with van der Waals surface area (Å²) in [5, 5.41) is 6.37. The summed E-state index contributed by atoms with van der Waals surface area (Å²) in [7, 11) is 0. The first-order valence-electron chi connectivity index (χ1n) is 9.12. The van der Waals surface area contributed by atoms with Gasteiger partial charge in [-0.2, -0.15) is 18.3 Å². The number of furan rings is 1. The van der Waals surface area contributed by atoms with E-state index in [1.165, 1.54) is 34.2 Å². The molecule has 11 heteroatoms. The highest BCUT2D eigenvalue weighted by molar-refractivity contribution is 9.10. The van der Waals surface area contributed by atoms with Crippen LogP contribution in [0.3, 0.4) is 0 Å². The molecule has 0 radical (unpaired) electrons. The van der Waals surface area contributed by atoms with Gasteiger partial charge in [0.2, 0.25) is 0 Å². The maximum atomic E-state index is 13.8. The largest absolute Gasteiger partial charge is 0.472 e. The van der Waals surface area contributed by atoms with Gasteiger partial charge in [0.05, 0.1) is 24.3 Å². The quantitative estimate of drug-likeness (QED) is 0.452. The number of rotatable bonds is 3. The van der Waals surface area contributed by atoms with Gasteiger partial charge >= 0.3 is 6.18 Å². The first-order chi connectivity index (χ1) is 14.8. The molecule has 1 N–H and O–H groups in total. The third kappa shape index (κ3) is 3.34. The van der Waals surface area contributed by atoms with Gasteiger partial charge in [-0.15, -0.1) is 0 Å². The number of H-pyrrole nitrogens is 1. The van der Waals surface area contributed by atoms with Crippen molar-refractivity contribution in [2.45, 2.75) is 6.18 Å². The van der Waals surface area contributed by atoms with E-state index in [2.05, 4.69) is 31.1 Å². The van der Waals surface area contributed by atoms with Crippen molar-refractivity contribution in [3.05, 3.63) is 70.7 Å². The zero-order chi connectivity index (χ0) is 21.8. The molecule has 4 aromatic rings. The van der Waals surface area contributed by atoms with Crippen LogP contribution in [0.2, 0.25) is 0 Å². The molecule has 0 saturated heterocycles. The van der Waals surface area contributed by atoms with Gasteiger partial charge in [0.1, 0.15) is 4.60 Å². The number of amides is 1. The lowest BCUT2D eigenvalue weighted by Crippen LogP contribution is -2.29. The number of pyridine rings is 1. The Labute approximate surface area is 181 Å². The molecule has 1 aliphatic heterocycles. The smallest absolute Gasteiger partial charge is 0.420 e. The van der Waals surface area contributed by atoms with Crippen LogP contribution in [-0.4, -0.2) is 43.5 Å². The van der Waals surface area contributed by atoms with E-state index in [0.717, 1.165) is 17.2 Å². The molecule has 7 nitrogen and oxygen atoms in total. The van der Waals surface area contributed by atoms with Gasteiger partial charge in [0.15, 0.2) is 11.3 Å². The average molecular weight is 492 g/mol. The van der Waals surface area contributed by atoms with Crippen LogP contribution in [0.5, 0.6) is 0 Å². The number of fused-ring (bicyclic) bond motifs is 1. The number of nitrogens with zero attached hydrogens (tertiary/aromatic N) is 4. The van der Waals surface area contributed by atoms with Crippen LogP contribution >= 0.6 is 15.9 Å². The van der Waals surface area contributed by atoms with Gasteiger partial charge in [-0.25, -0.2) is 4.98 Å². The molecule has 31 heavy (non-hydrogen) atoms. The predicted octanol–water partition coefficient (Wildman–Crippen LogP) is 4.64. The number of carbonyl (C=O) groups is 1. The lowest BCUT2D eigenvalue weighted by atomic mass is 10.1. The van der Waals surface area contributed by atoms with Crippen LogP contribution in [0.1, 0.15) is 21.6 Å². The second-order valence-corrected chi connectivity index (χ2v) is 7.75. The highest BCUT2D eigenvalue weighted by Crippen LogP contribution is 2.37. The molecular weight excluding hydrogens is 479 g/mol. The fraction of sp³-hybridized carbons (Fsp3) is 0.150. The molecule has 0 aromatic carbocycles. The molecule has 0 spiro atoms. The van der Waals surface area contributed by atoms with E-state index in [0.29, 0.717) is 18.7 Å². The summed E-state index contributed by atoms with van der Waals surface area (Å²) in [6.07, 6.45) is 4.74. The maximum absolute atomic E-state index is 13.8. The van der Waals surface area contributed by atoms with E-state index < -0.39 is 17.6 Å². The first-order valence-corrected chi connectivity index (χ1v) is 9.91. The van der Waals surface area contributed by atoms with Crippen molar-refractivity contribution in [2.75, 3.05) is 13.1 Å². The average Bonchev–Trinajstić information content (AvgIpc) is 3.53. The molecule has 4 aromatic heterocycles. The minimum Gasteiger partial charge on any atom is -0.472 e. The lowest BCUT2D eigenvalue weighted by molar-refractivity contribution is -0.136. The Kier molecular flexibility index (Phi) is 4.50. The lowest BCUT2D eigenvalue weighted by Gasteiger charge is -2.15. The number of carbonyl (C=O) groups excluding carboxylic acids is 1. The van der Waals surface area contributed by atoms with Gasteiger partial charge in [0, 0.05) is 42.2 Å². The molecule has 0 bridgehead atoms. The zero-order valence-electron chi connectivity index (χ0n) is 15.7. The fourth-order valence-electron chi connectivity index (χ4n) is 3.54. The summed E-state index contributed by atoms with van der Waals surface area (Å²) >= 11 is 3.28. The molecule has 0 unspecified atom stereocenters. The molecule has 158 valence electrons. The summed E-state index contributed by atoms with van der Waals surface area (Å²) in [4.78, 5) is 18.7. The minimum absolute atomic E-state index is 0.0864. The summed E-state index contributed by atoms with van der Waals surface area (Å²) < 4.78 is 47.8. The van der Waals surface area contributed by atoms with Gasteiger partial charge in [-0.1, -0.05) is 6.08 Å².